The van der Waals surface area contributed by atoms with Gasteiger partial charge in [-0.1, -0.05) is 25.3 Å². The van der Waals surface area contributed by atoms with E-state index in [0.717, 1.165) is 32.2 Å². The molecule has 0 aromatic carbocycles. The van der Waals surface area contributed by atoms with Crippen LogP contribution in [0.3, 0.4) is 0 Å². The second kappa shape index (κ2) is 12.6. The molecule has 0 bridgehead atoms. The van der Waals surface area contributed by atoms with Crippen molar-refractivity contribution in [3.05, 3.63) is 23.8 Å². The summed E-state index contributed by atoms with van der Waals surface area (Å²) in [5.74, 6) is -3.13. The Morgan fingerprint density at radius 3 is 2.19 bits per heavy atom. The minimum absolute atomic E-state index is 0.00875. The molecule has 1 saturated carbocycles. The van der Waals surface area contributed by atoms with Crippen molar-refractivity contribution < 1.29 is 38.9 Å². The van der Waals surface area contributed by atoms with Crippen LogP contribution in [0.5, 0.6) is 0 Å². The summed E-state index contributed by atoms with van der Waals surface area (Å²) in [7, 11) is 0. The number of nitrogens with one attached hydrogen (secondary N) is 1. The molecule has 0 aromatic heterocycles. The molecule has 1 fully saturated rings. The Labute approximate surface area is 157 Å². The zero-order chi connectivity index (χ0) is 20.1. The number of aliphatic carboxylic acids is 2. The fraction of sp³-hybridized carbons (Fsp3) is 0.556. The van der Waals surface area contributed by atoms with Crippen LogP contribution < -0.4 is 5.32 Å². The average Bonchev–Trinajstić information content (AvgIpc) is 2.68. The lowest BCUT2D eigenvalue weighted by atomic mass is 9.89. The number of rotatable bonds is 6. The molecule has 0 unspecified atom stereocenters. The lowest BCUT2D eigenvalue weighted by Crippen LogP contribution is -2.26. The number of ether oxygens (including phenoxy) is 2. The minimum atomic E-state index is -1.26. The van der Waals surface area contributed by atoms with Crippen molar-refractivity contribution in [3.8, 4) is 0 Å². The number of esters is 2. The topological polar surface area (TPSA) is 139 Å². The lowest BCUT2D eigenvalue weighted by molar-refractivity contribution is -0.168. The first-order valence-corrected chi connectivity index (χ1v) is 8.77. The molecule has 0 saturated heterocycles. The molecule has 150 valence electrons. The molecule has 27 heavy (non-hydrogen) atoms. The van der Waals surface area contributed by atoms with Crippen LogP contribution in [0, 0.1) is 5.92 Å². The van der Waals surface area contributed by atoms with E-state index in [1.54, 1.807) is 0 Å². The van der Waals surface area contributed by atoms with E-state index >= 15 is 0 Å². The van der Waals surface area contributed by atoms with E-state index < -0.39 is 11.9 Å². The minimum Gasteiger partial charge on any atom is -0.478 e. The molecule has 0 amide bonds. The molecule has 1 aliphatic heterocycles. The smallest absolute Gasteiger partial charge is 0.336 e. The first-order chi connectivity index (χ1) is 12.9. The van der Waals surface area contributed by atoms with Crippen molar-refractivity contribution in [2.75, 3.05) is 19.9 Å². The van der Waals surface area contributed by atoms with Gasteiger partial charge in [0.1, 0.15) is 0 Å². The molecule has 0 atom stereocenters. The highest BCUT2D eigenvalue weighted by molar-refractivity contribution is 5.89. The number of hydrogen-bond acceptors (Lipinski definition) is 7. The summed E-state index contributed by atoms with van der Waals surface area (Å²) in [5.41, 5.74) is 0.660. The maximum atomic E-state index is 11.7. The first-order valence-electron chi connectivity index (χ1n) is 8.77. The molecular formula is C18H25NO8. The van der Waals surface area contributed by atoms with Crippen molar-refractivity contribution in [3.63, 3.8) is 0 Å². The third kappa shape index (κ3) is 10.1. The highest BCUT2D eigenvalue weighted by Crippen LogP contribution is 2.24. The molecule has 1 heterocycles. The van der Waals surface area contributed by atoms with E-state index in [1.807, 2.05) is 6.08 Å². The van der Waals surface area contributed by atoms with Crippen molar-refractivity contribution >= 4 is 23.9 Å². The summed E-state index contributed by atoms with van der Waals surface area (Å²) in [5, 5.41) is 18.7. The van der Waals surface area contributed by atoms with Gasteiger partial charge in [-0.3, -0.25) is 4.79 Å². The quantitative estimate of drug-likeness (QED) is 0.351. The van der Waals surface area contributed by atoms with Crippen LogP contribution in [-0.4, -0.2) is 54.0 Å². The van der Waals surface area contributed by atoms with Gasteiger partial charge in [-0.05, 0) is 25.8 Å². The summed E-state index contributed by atoms with van der Waals surface area (Å²) < 4.78 is 9.98. The normalized spacial score (nSPS) is 17.3. The predicted octanol–water partition coefficient (Wildman–Crippen LogP) is 1.24. The summed E-state index contributed by atoms with van der Waals surface area (Å²) in [4.78, 5) is 42.5. The third-order valence-electron chi connectivity index (χ3n) is 4.02. The van der Waals surface area contributed by atoms with Crippen molar-refractivity contribution in [2.45, 2.75) is 38.5 Å². The second-order valence-electron chi connectivity index (χ2n) is 6.04. The summed E-state index contributed by atoms with van der Waals surface area (Å²) >= 11 is 0. The molecule has 1 aliphatic carbocycles. The highest BCUT2D eigenvalue weighted by Gasteiger charge is 2.23. The number of carbonyl (C=O) groups is 4. The number of carboxylic acid groups (broad SMARTS) is 2. The second-order valence-corrected chi connectivity index (χ2v) is 6.04. The van der Waals surface area contributed by atoms with Gasteiger partial charge in [0.05, 0.1) is 5.92 Å². The van der Waals surface area contributed by atoms with Gasteiger partial charge in [0.2, 0.25) is 6.79 Å². The SMILES string of the molecule is O=C(O)/C=C/C(=O)O.O=C(OCOC(=O)C1CCCCC1)C1=CCNCC1. The van der Waals surface area contributed by atoms with Crippen molar-refractivity contribution in [1.29, 1.82) is 0 Å². The van der Waals surface area contributed by atoms with Gasteiger partial charge in [0.25, 0.3) is 0 Å². The van der Waals surface area contributed by atoms with Gasteiger partial charge in [-0.25, -0.2) is 14.4 Å². The Balaban J connectivity index is 0.000000387. The van der Waals surface area contributed by atoms with E-state index in [9.17, 15) is 19.2 Å². The first kappa shape index (κ1) is 22.4. The molecule has 0 radical (unpaired) electrons. The monoisotopic (exact) mass is 383 g/mol. The number of hydrogen-bond donors (Lipinski definition) is 3. The number of carbonyl (C=O) groups excluding carboxylic acids is 2. The molecule has 2 rings (SSSR count). The van der Waals surface area contributed by atoms with Crippen LogP contribution >= 0.6 is 0 Å². The van der Waals surface area contributed by atoms with E-state index in [1.165, 1.54) is 6.42 Å². The Bertz CT molecular complexity index is 574. The standard InChI is InChI=1S/C14H21NO4.C4H4O4/c16-13(11-4-2-1-3-5-11)18-10-19-14(17)12-6-8-15-9-7-12;5-3(6)1-2-4(7)8/h6,11,15H,1-5,7-10H2;1-2H,(H,5,6)(H,7,8)/b;2-1+. The summed E-state index contributed by atoms with van der Waals surface area (Å²) in [6.45, 7) is 1.20. The van der Waals surface area contributed by atoms with E-state index in [2.05, 4.69) is 5.32 Å². The molecule has 0 aromatic rings. The molecular weight excluding hydrogens is 358 g/mol. The van der Waals surface area contributed by atoms with E-state index in [0.29, 0.717) is 30.7 Å². The summed E-state index contributed by atoms with van der Waals surface area (Å²) in [6, 6.07) is 0. The van der Waals surface area contributed by atoms with Crippen LogP contribution in [-0.2, 0) is 28.7 Å². The van der Waals surface area contributed by atoms with Crippen LogP contribution in [0.2, 0.25) is 0 Å². The van der Waals surface area contributed by atoms with E-state index in [-0.39, 0.29) is 24.6 Å². The highest BCUT2D eigenvalue weighted by atomic mass is 16.7. The van der Waals surface area contributed by atoms with Crippen molar-refractivity contribution in [2.24, 2.45) is 5.92 Å². The molecule has 2 aliphatic rings. The predicted molar refractivity (Wildman–Crippen MR) is 93.6 cm³/mol. The Morgan fingerprint density at radius 1 is 1.04 bits per heavy atom. The Hall–Kier alpha value is -2.68. The zero-order valence-electron chi connectivity index (χ0n) is 15.0. The van der Waals surface area contributed by atoms with Crippen LogP contribution in [0.15, 0.2) is 23.8 Å². The fourth-order valence-corrected chi connectivity index (χ4v) is 2.64. The van der Waals surface area contributed by atoms with Gasteiger partial charge in [-0.15, -0.1) is 0 Å². The van der Waals surface area contributed by atoms with Gasteiger partial charge >= 0.3 is 23.9 Å². The Kier molecular flexibility index (Phi) is 10.5. The maximum absolute atomic E-state index is 11.7. The van der Waals surface area contributed by atoms with Crippen LogP contribution in [0.4, 0.5) is 0 Å². The van der Waals surface area contributed by atoms with Gasteiger partial charge in [0.15, 0.2) is 0 Å². The molecule has 3 N–H and O–H groups in total. The zero-order valence-corrected chi connectivity index (χ0v) is 15.0. The molecule has 9 heteroatoms. The van der Waals surface area contributed by atoms with Crippen LogP contribution in [0.1, 0.15) is 38.5 Å². The van der Waals surface area contributed by atoms with E-state index in [4.69, 9.17) is 19.7 Å². The largest absolute Gasteiger partial charge is 0.478 e. The number of carboxylic acids is 2. The van der Waals surface area contributed by atoms with Crippen molar-refractivity contribution in [1.82, 2.24) is 5.32 Å². The molecule has 0 spiro atoms. The molecule has 9 nitrogen and oxygen atoms in total. The van der Waals surface area contributed by atoms with Crippen LogP contribution in [0.25, 0.3) is 0 Å². The lowest BCUT2D eigenvalue weighted by Gasteiger charge is -2.20. The summed E-state index contributed by atoms with van der Waals surface area (Å²) in [6.07, 6.45) is 8.74. The average molecular weight is 383 g/mol. The van der Waals surface area contributed by atoms with Gasteiger partial charge < -0.3 is 25.0 Å². The fourth-order valence-electron chi connectivity index (χ4n) is 2.64. The maximum Gasteiger partial charge on any atom is 0.336 e. The van der Waals surface area contributed by atoms with Gasteiger partial charge in [-0.2, -0.15) is 0 Å². The van der Waals surface area contributed by atoms with Gasteiger partial charge in [0, 0.05) is 24.3 Å². The third-order valence-corrected chi connectivity index (χ3v) is 4.02. The Morgan fingerprint density at radius 2 is 1.67 bits per heavy atom.